The van der Waals surface area contributed by atoms with E-state index in [-0.39, 0.29) is 24.5 Å². The van der Waals surface area contributed by atoms with Crippen LogP contribution in [0.3, 0.4) is 0 Å². The van der Waals surface area contributed by atoms with Crippen LogP contribution < -0.4 is 5.32 Å². The minimum absolute atomic E-state index is 0.122. The van der Waals surface area contributed by atoms with Gasteiger partial charge in [0.15, 0.2) is 6.61 Å². The number of hydrogen-bond donors (Lipinski definition) is 1. The second-order valence-electron chi connectivity index (χ2n) is 6.96. The van der Waals surface area contributed by atoms with Gasteiger partial charge in [0.25, 0.3) is 5.91 Å². The van der Waals surface area contributed by atoms with E-state index >= 15 is 0 Å². The summed E-state index contributed by atoms with van der Waals surface area (Å²) in [6, 6.07) is 0.231. The van der Waals surface area contributed by atoms with Crippen molar-refractivity contribution in [2.45, 2.75) is 71.3 Å². The van der Waals surface area contributed by atoms with Gasteiger partial charge in [0, 0.05) is 12.5 Å². The largest absolute Gasteiger partial charge is 0.456 e. The number of carbonyl (C=O) groups excluding carboxylic acids is 2. The molecule has 4 heteroatoms. The van der Waals surface area contributed by atoms with E-state index in [4.69, 9.17) is 4.74 Å². The molecule has 0 aromatic rings. The summed E-state index contributed by atoms with van der Waals surface area (Å²) in [7, 11) is 0. The quantitative estimate of drug-likeness (QED) is 0.793. The van der Waals surface area contributed by atoms with E-state index in [0.717, 1.165) is 25.7 Å². The maximum atomic E-state index is 11.9. The molecule has 0 aromatic heterocycles. The molecule has 0 unspecified atom stereocenters. The van der Waals surface area contributed by atoms with Crippen molar-refractivity contribution in [1.82, 2.24) is 5.32 Å². The van der Waals surface area contributed by atoms with Crippen molar-refractivity contribution in [1.29, 1.82) is 0 Å². The molecule has 21 heavy (non-hydrogen) atoms. The molecule has 0 saturated heterocycles. The zero-order chi connectivity index (χ0) is 15.2. The van der Waals surface area contributed by atoms with Gasteiger partial charge in [-0.05, 0) is 37.0 Å². The summed E-state index contributed by atoms with van der Waals surface area (Å²) in [6.45, 7) is 4.31. The summed E-state index contributed by atoms with van der Waals surface area (Å²) in [5.41, 5.74) is 0. The van der Waals surface area contributed by atoms with Crippen molar-refractivity contribution in [3.63, 3.8) is 0 Å². The van der Waals surface area contributed by atoms with Crippen molar-refractivity contribution >= 4 is 11.9 Å². The lowest BCUT2D eigenvalue weighted by Gasteiger charge is -2.34. The molecule has 0 spiro atoms. The predicted octanol–water partition coefficient (Wildman–Crippen LogP) is 3.05. The van der Waals surface area contributed by atoms with E-state index in [1.165, 1.54) is 19.3 Å². The number of nitrogens with one attached hydrogen (secondary N) is 1. The smallest absolute Gasteiger partial charge is 0.306 e. The fraction of sp³-hybridized carbons (Fsp3) is 0.882. The summed E-state index contributed by atoms with van der Waals surface area (Å²) in [5.74, 6) is 1.24. The Labute approximate surface area is 128 Å². The number of hydrogen-bond acceptors (Lipinski definition) is 3. The lowest BCUT2D eigenvalue weighted by Crippen LogP contribution is -2.45. The number of esters is 1. The third-order valence-electron chi connectivity index (χ3n) is 5.35. The van der Waals surface area contributed by atoms with Gasteiger partial charge in [-0.2, -0.15) is 0 Å². The van der Waals surface area contributed by atoms with Gasteiger partial charge in [-0.1, -0.05) is 39.5 Å². The summed E-state index contributed by atoms with van der Waals surface area (Å²) in [4.78, 5) is 23.6. The molecule has 4 nitrogen and oxygen atoms in total. The number of amides is 1. The lowest BCUT2D eigenvalue weighted by atomic mass is 9.78. The number of carbonyl (C=O) groups is 2. The first-order valence-corrected chi connectivity index (χ1v) is 8.51. The Morgan fingerprint density at radius 3 is 2.48 bits per heavy atom. The molecule has 0 bridgehead atoms. The zero-order valence-corrected chi connectivity index (χ0v) is 13.4. The molecule has 0 radical (unpaired) electrons. The summed E-state index contributed by atoms with van der Waals surface area (Å²) >= 11 is 0. The van der Waals surface area contributed by atoms with Gasteiger partial charge < -0.3 is 10.1 Å². The molecule has 0 aliphatic heterocycles. The van der Waals surface area contributed by atoms with Crippen LogP contribution in [-0.4, -0.2) is 24.5 Å². The van der Waals surface area contributed by atoms with Crippen LogP contribution in [0.25, 0.3) is 0 Å². The lowest BCUT2D eigenvalue weighted by molar-refractivity contribution is -0.149. The minimum atomic E-state index is -0.220. The second kappa shape index (κ2) is 7.81. The van der Waals surface area contributed by atoms with E-state index in [2.05, 4.69) is 19.2 Å². The Kier molecular flexibility index (Phi) is 6.07. The van der Waals surface area contributed by atoms with Gasteiger partial charge in [-0.3, -0.25) is 9.59 Å². The zero-order valence-electron chi connectivity index (χ0n) is 13.4. The highest BCUT2D eigenvalue weighted by atomic mass is 16.5. The van der Waals surface area contributed by atoms with E-state index in [1.807, 2.05) is 0 Å². The Morgan fingerprint density at radius 2 is 1.76 bits per heavy atom. The van der Waals surface area contributed by atoms with E-state index in [0.29, 0.717) is 24.2 Å². The first-order chi connectivity index (χ1) is 10.1. The minimum Gasteiger partial charge on any atom is -0.456 e. The predicted molar refractivity (Wildman–Crippen MR) is 81.6 cm³/mol. The highest BCUT2D eigenvalue weighted by Crippen LogP contribution is 2.29. The SMILES string of the molecule is C[C@H]1[C@@H](C)CCC[C@H]1NC(=O)COC(=O)CC1CCCC1. The van der Waals surface area contributed by atoms with Gasteiger partial charge in [0.05, 0.1) is 0 Å². The molecular formula is C17H29NO3. The van der Waals surface area contributed by atoms with Crippen LogP contribution in [0.5, 0.6) is 0 Å². The standard InChI is InChI=1S/C17H29NO3/c1-12-6-5-9-15(13(12)2)18-16(19)11-21-17(20)10-14-7-3-4-8-14/h12-15H,3-11H2,1-2H3,(H,18,19)/t12-,13-,15+/m0/s1. The van der Waals surface area contributed by atoms with Gasteiger partial charge in [-0.15, -0.1) is 0 Å². The molecule has 2 fully saturated rings. The molecular weight excluding hydrogens is 266 g/mol. The van der Waals surface area contributed by atoms with Crippen LogP contribution in [-0.2, 0) is 14.3 Å². The molecule has 0 heterocycles. The van der Waals surface area contributed by atoms with Crippen molar-refractivity contribution in [2.24, 2.45) is 17.8 Å². The van der Waals surface area contributed by atoms with Crippen molar-refractivity contribution < 1.29 is 14.3 Å². The van der Waals surface area contributed by atoms with E-state index in [1.54, 1.807) is 0 Å². The van der Waals surface area contributed by atoms with Gasteiger partial charge in [-0.25, -0.2) is 0 Å². The molecule has 3 atom stereocenters. The van der Waals surface area contributed by atoms with Crippen LogP contribution in [0.2, 0.25) is 0 Å². The third-order valence-corrected chi connectivity index (χ3v) is 5.35. The van der Waals surface area contributed by atoms with Crippen LogP contribution in [0.1, 0.15) is 65.2 Å². The Balaban J connectivity index is 1.65. The maximum Gasteiger partial charge on any atom is 0.306 e. The number of ether oxygens (including phenoxy) is 1. The Hall–Kier alpha value is -1.06. The van der Waals surface area contributed by atoms with Gasteiger partial charge in [0.2, 0.25) is 0 Å². The Bertz CT molecular complexity index is 363. The average Bonchev–Trinajstić information content (AvgIpc) is 2.94. The van der Waals surface area contributed by atoms with Crippen molar-refractivity contribution in [3.8, 4) is 0 Å². The third kappa shape index (κ3) is 5.01. The fourth-order valence-corrected chi connectivity index (χ4v) is 3.69. The maximum absolute atomic E-state index is 11.9. The monoisotopic (exact) mass is 295 g/mol. The van der Waals surface area contributed by atoms with Crippen molar-refractivity contribution in [3.05, 3.63) is 0 Å². The highest BCUT2D eigenvalue weighted by molar-refractivity contribution is 5.80. The second-order valence-corrected chi connectivity index (χ2v) is 6.96. The van der Waals surface area contributed by atoms with Crippen LogP contribution in [0, 0.1) is 17.8 Å². The molecule has 2 aliphatic rings. The number of rotatable bonds is 5. The molecule has 2 aliphatic carbocycles. The normalized spacial score (nSPS) is 30.1. The molecule has 1 amide bonds. The first kappa shape index (κ1) is 16.3. The van der Waals surface area contributed by atoms with Gasteiger partial charge >= 0.3 is 5.97 Å². The van der Waals surface area contributed by atoms with Gasteiger partial charge in [0.1, 0.15) is 0 Å². The average molecular weight is 295 g/mol. The molecule has 0 aromatic carbocycles. The van der Waals surface area contributed by atoms with E-state index in [9.17, 15) is 9.59 Å². The topological polar surface area (TPSA) is 55.4 Å². The summed E-state index contributed by atoms with van der Waals surface area (Å²) < 4.78 is 5.12. The highest BCUT2D eigenvalue weighted by Gasteiger charge is 2.28. The first-order valence-electron chi connectivity index (χ1n) is 8.51. The van der Waals surface area contributed by atoms with Crippen LogP contribution in [0.15, 0.2) is 0 Å². The summed E-state index contributed by atoms with van der Waals surface area (Å²) in [6.07, 6.45) is 8.60. The summed E-state index contributed by atoms with van der Waals surface area (Å²) in [5, 5.41) is 3.03. The van der Waals surface area contributed by atoms with Crippen LogP contribution >= 0.6 is 0 Å². The van der Waals surface area contributed by atoms with Crippen molar-refractivity contribution in [2.75, 3.05) is 6.61 Å². The fourth-order valence-electron chi connectivity index (χ4n) is 3.69. The molecule has 1 N–H and O–H groups in total. The molecule has 120 valence electrons. The van der Waals surface area contributed by atoms with E-state index < -0.39 is 0 Å². The van der Waals surface area contributed by atoms with Crippen LogP contribution in [0.4, 0.5) is 0 Å². The molecule has 2 saturated carbocycles. The molecule has 2 rings (SSSR count). The Morgan fingerprint density at radius 1 is 1.05 bits per heavy atom.